The number of benzene rings is 1. The Morgan fingerprint density at radius 1 is 1.21 bits per heavy atom. The summed E-state index contributed by atoms with van der Waals surface area (Å²) in [5.74, 6) is 0.933. The van der Waals surface area contributed by atoms with Gasteiger partial charge in [0.25, 0.3) is 0 Å². The van der Waals surface area contributed by atoms with E-state index < -0.39 is 0 Å². The maximum atomic E-state index is 9.58. The van der Waals surface area contributed by atoms with Crippen molar-refractivity contribution in [2.75, 3.05) is 33.4 Å². The van der Waals surface area contributed by atoms with E-state index in [4.69, 9.17) is 4.74 Å². The van der Waals surface area contributed by atoms with Gasteiger partial charge in [-0.05, 0) is 44.4 Å². The summed E-state index contributed by atoms with van der Waals surface area (Å²) in [5, 5.41) is 14.0. The number of aliphatic hydroxyl groups excluding tert-OH is 1. The van der Waals surface area contributed by atoms with Gasteiger partial charge in [0.2, 0.25) is 0 Å². The third kappa shape index (κ3) is 5.13. The second kappa shape index (κ2) is 9.54. The quantitative estimate of drug-likeness (QED) is 0.756. The molecule has 1 atom stereocenters. The van der Waals surface area contributed by atoms with Gasteiger partial charge in [-0.25, -0.2) is 0 Å². The molecule has 0 bridgehead atoms. The van der Waals surface area contributed by atoms with Gasteiger partial charge in [-0.15, -0.1) is 0 Å². The standard InChI is InChI=1S/C22H34N4O2/c1-17(2)26-15-20(12-23-26)13-24-8-9-25(21(16-24)7-10-27)14-19-5-6-22(28-4)18(3)11-19/h5-6,11-12,15,17,21,27H,7-10,13-14,16H2,1-4H3/t21-/m1/s1. The molecule has 154 valence electrons. The second-order valence-corrected chi connectivity index (χ2v) is 8.10. The van der Waals surface area contributed by atoms with Gasteiger partial charge in [-0.2, -0.15) is 5.10 Å². The summed E-state index contributed by atoms with van der Waals surface area (Å²) in [7, 11) is 1.71. The fourth-order valence-electron chi connectivity index (χ4n) is 4.00. The highest BCUT2D eigenvalue weighted by Gasteiger charge is 2.27. The first-order valence-electron chi connectivity index (χ1n) is 10.2. The number of piperazine rings is 1. The van der Waals surface area contributed by atoms with E-state index in [-0.39, 0.29) is 6.61 Å². The Hall–Kier alpha value is -1.89. The van der Waals surface area contributed by atoms with Crippen LogP contribution in [0.15, 0.2) is 30.6 Å². The lowest BCUT2D eigenvalue weighted by Gasteiger charge is -2.41. The van der Waals surface area contributed by atoms with E-state index in [0.717, 1.165) is 44.9 Å². The largest absolute Gasteiger partial charge is 0.496 e. The van der Waals surface area contributed by atoms with Gasteiger partial charge < -0.3 is 9.84 Å². The van der Waals surface area contributed by atoms with E-state index in [1.54, 1.807) is 7.11 Å². The molecular formula is C22H34N4O2. The predicted molar refractivity (Wildman–Crippen MR) is 112 cm³/mol. The predicted octanol–water partition coefficient (Wildman–Crippen LogP) is 2.85. The van der Waals surface area contributed by atoms with Crippen LogP contribution in [0.5, 0.6) is 5.75 Å². The van der Waals surface area contributed by atoms with Crippen LogP contribution in [0, 0.1) is 6.92 Å². The van der Waals surface area contributed by atoms with Gasteiger partial charge in [0, 0.05) is 63.2 Å². The van der Waals surface area contributed by atoms with Crippen LogP contribution in [0.4, 0.5) is 0 Å². The van der Waals surface area contributed by atoms with E-state index in [0.29, 0.717) is 12.1 Å². The van der Waals surface area contributed by atoms with Crippen LogP contribution in [-0.4, -0.2) is 64.1 Å². The van der Waals surface area contributed by atoms with Crippen LogP contribution in [0.1, 0.15) is 43.0 Å². The van der Waals surface area contributed by atoms with Crippen LogP contribution in [0.2, 0.25) is 0 Å². The molecule has 1 aliphatic heterocycles. The number of ether oxygens (including phenoxy) is 1. The number of methoxy groups -OCH3 is 1. The summed E-state index contributed by atoms with van der Waals surface area (Å²) < 4.78 is 7.39. The molecule has 0 radical (unpaired) electrons. The molecule has 2 heterocycles. The van der Waals surface area contributed by atoms with Gasteiger partial charge in [-0.3, -0.25) is 14.5 Å². The molecule has 1 fully saturated rings. The zero-order valence-corrected chi connectivity index (χ0v) is 17.6. The highest BCUT2D eigenvalue weighted by molar-refractivity contribution is 5.36. The maximum Gasteiger partial charge on any atom is 0.121 e. The second-order valence-electron chi connectivity index (χ2n) is 8.10. The van der Waals surface area contributed by atoms with Gasteiger partial charge in [0.05, 0.1) is 13.3 Å². The van der Waals surface area contributed by atoms with E-state index in [1.165, 1.54) is 16.7 Å². The Kier molecular flexibility index (Phi) is 7.10. The third-order valence-electron chi connectivity index (χ3n) is 5.59. The van der Waals surface area contributed by atoms with Crippen molar-refractivity contribution in [1.29, 1.82) is 0 Å². The van der Waals surface area contributed by atoms with Crippen LogP contribution < -0.4 is 4.74 Å². The number of aliphatic hydroxyl groups is 1. The first-order valence-corrected chi connectivity index (χ1v) is 10.2. The number of nitrogens with zero attached hydrogens (tertiary/aromatic N) is 4. The molecule has 28 heavy (non-hydrogen) atoms. The van der Waals surface area contributed by atoms with Crippen molar-refractivity contribution in [3.63, 3.8) is 0 Å². The molecule has 1 saturated heterocycles. The highest BCUT2D eigenvalue weighted by atomic mass is 16.5. The van der Waals surface area contributed by atoms with Gasteiger partial charge in [0.15, 0.2) is 0 Å². The summed E-state index contributed by atoms with van der Waals surface area (Å²) in [4.78, 5) is 4.99. The average Bonchev–Trinajstić information content (AvgIpc) is 3.13. The molecule has 2 aromatic rings. The molecule has 6 nitrogen and oxygen atoms in total. The molecule has 0 unspecified atom stereocenters. The van der Waals surface area contributed by atoms with Crippen LogP contribution in [0.3, 0.4) is 0 Å². The fraction of sp³-hybridized carbons (Fsp3) is 0.591. The first kappa shape index (κ1) is 20.8. The van der Waals surface area contributed by atoms with Crippen LogP contribution >= 0.6 is 0 Å². The number of aromatic nitrogens is 2. The highest BCUT2D eigenvalue weighted by Crippen LogP contribution is 2.22. The Morgan fingerprint density at radius 3 is 2.68 bits per heavy atom. The molecule has 1 aromatic heterocycles. The minimum absolute atomic E-state index is 0.224. The zero-order chi connectivity index (χ0) is 20.1. The van der Waals surface area contributed by atoms with Crippen LogP contribution in [-0.2, 0) is 13.1 Å². The topological polar surface area (TPSA) is 53.8 Å². The Labute approximate surface area is 168 Å². The normalized spacial score (nSPS) is 18.7. The number of hydrogen-bond acceptors (Lipinski definition) is 5. The summed E-state index contributed by atoms with van der Waals surface area (Å²) in [6.07, 6.45) is 4.93. The van der Waals surface area contributed by atoms with E-state index in [2.05, 4.69) is 54.0 Å². The lowest BCUT2D eigenvalue weighted by molar-refractivity contribution is 0.0499. The lowest BCUT2D eigenvalue weighted by atomic mass is 10.1. The Morgan fingerprint density at radius 2 is 2.04 bits per heavy atom. The first-order chi connectivity index (χ1) is 13.5. The summed E-state index contributed by atoms with van der Waals surface area (Å²) in [6, 6.07) is 7.16. The maximum absolute atomic E-state index is 9.58. The molecule has 0 saturated carbocycles. The van der Waals surface area contributed by atoms with Crippen molar-refractivity contribution < 1.29 is 9.84 Å². The minimum Gasteiger partial charge on any atom is -0.496 e. The Bertz CT molecular complexity index is 759. The zero-order valence-electron chi connectivity index (χ0n) is 17.6. The molecule has 1 aliphatic rings. The molecule has 0 amide bonds. The number of rotatable bonds is 8. The van der Waals surface area contributed by atoms with Crippen molar-refractivity contribution >= 4 is 0 Å². The van der Waals surface area contributed by atoms with Crippen molar-refractivity contribution in [3.05, 3.63) is 47.3 Å². The summed E-state index contributed by atoms with van der Waals surface area (Å²) in [5.41, 5.74) is 3.73. The molecule has 3 rings (SSSR count). The monoisotopic (exact) mass is 386 g/mol. The smallest absolute Gasteiger partial charge is 0.121 e. The summed E-state index contributed by atoms with van der Waals surface area (Å²) in [6.45, 7) is 11.4. The molecule has 1 aromatic carbocycles. The fourth-order valence-corrected chi connectivity index (χ4v) is 4.00. The molecule has 1 N–H and O–H groups in total. The number of hydrogen-bond donors (Lipinski definition) is 1. The molecular weight excluding hydrogens is 352 g/mol. The van der Waals surface area contributed by atoms with E-state index >= 15 is 0 Å². The Balaban J connectivity index is 1.62. The molecule has 0 aliphatic carbocycles. The van der Waals surface area contributed by atoms with Crippen molar-refractivity contribution in [3.8, 4) is 5.75 Å². The molecule has 6 heteroatoms. The lowest BCUT2D eigenvalue weighted by Crippen LogP contribution is -2.52. The minimum atomic E-state index is 0.224. The van der Waals surface area contributed by atoms with E-state index in [9.17, 15) is 5.11 Å². The van der Waals surface area contributed by atoms with Crippen molar-refractivity contribution in [2.24, 2.45) is 0 Å². The third-order valence-corrected chi connectivity index (χ3v) is 5.59. The summed E-state index contributed by atoms with van der Waals surface area (Å²) >= 11 is 0. The average molecular weight is 387 g/mol. The van der Waals surface area contributed by atoms with Gasteiger partial charge in [-0.1, -0.05) is 12.1 Å². The van der Waals surface area contributed by atoms with Gasteiger partial charge >= 0.3 is 0 Å². The SMILES string of the molecule is COc1ccc(CN2CCN(Cc3cnn(C(C)C)c3)C[C@H]2CCO)cc1C. The van der Waals surface area contributed by atoms with Gasteiger partial charge in [0.1, 0.15) is 5.75 Å². The molecule has 0 spiro atoms. The van der Waals surface area contributed by atoms with Crippen molar-refractivity contribution in [1.82, 2.24) is 19.6 Å². The van der Waals surface area contributed by atoms with Crippen molar-refractivity contribution in [2.45, 2.75) is 52.4 Å². The van der Waals surface area contributed by atoms with E-state index in [1.807, 2.05) is 16.9 Å². The number of aryl methyl sites for hydroxylation is 1. The van der Waals surface area contributed by atoms with Crippen LogP contribution in [0.25, 0.3) is 0 Å².